The molecule has 0 heterocycles. The Morgan fingerprint density at radius 3 is 1.32 bits per heavy atom. The quantitative estimate of drug-likeness (QED) is 0.148. The van der Waals surface area contributed by atoms with Crippen LogP contribution >= 0.6 is 7.60 Å². The number of rotatable bonds is 20. The molecule has 0 saturated heterocycles. The van der Waals surface area contributed by atoms with Gasteiger partial charge in [-0.2, -0.15) is 0 Å². The Morgan fingerprint density at radius 2 is 0.964 bits per heavy atom. The lowest BCUT2D eigenvalue weighted by Crippen LogP contribution is -3.00. The van der Waals surface area contributed by atoms with Crippen LogP contribution in [0.15, 0.2) is 0 Å². The average molecular weight is 487 g/mol. The van der Waals surface area contributed by atoms with Crippen LogP contribution in [0.2, 0.25) is 0 Å². The molecule has 4 nitrogen and oxygen atoms in total. The zero-order chi connectivity index (χ0) is 20.4. The molecule has 28 heavy (non-hydrogen) atoms. The van der Waals surface area contributed by atoms with Gasteiger partial charge < -0.3 is 30.5 Å². The monoisotopic (exact) mass is 485 g/mol. The summed E-state index contributed by atoms with van der Waals surface area (Å²) in [6, 6.07) is 0. The molecule has 0 atom stereocenters. The second-order valence-corrected chi connectivity index (χ2v) is 9.90. The molecule has 0 fully saturated rings. The van der Waals surface area contributed by atoms with Crippen LogP contribution in [0, 0.1) is 0 Å². The first-order valence-corrected chi connectivity index (χ1v) is 13.5. The van der Waals surface area contributed by atoms with Gasteiger partial charge in [0.25, 0.3) is 0 Å². The van der Waals surface area contributed by atoms with E-state index in [4.69, 9.17) is 9.05 Å². The van der Waals surface area contributed by atoms with E-state index in [0.717, 1.165) is 12.8 Å². The minimum Gasteiger partial charge on any atom is -1.00 e. The maximum absolute atomic E-state index is 12.3. The highest BCUT2D eigenvalue weighted by Crippen LogP contribution is 2.48. The molecule has 0 aromatic carbocycles. The van der Waals surface area contributed by atoms with E-state index in [1.807, 2.05) is 13.8 Å². The van der Waals surface area contributed by atoms with Crippen LogP contribution in [0.4, 0.5) is 0 Å². The minimum atomic E-state index is -2.82. The summed E-state index contributed by atoms with van der Waals surface area (Å²) in [5, 5.41) is 0. The lowest BCUT2D eigenvalue weighted by molar-refractivity contribution is -0.923. The van der Waals surface area contributed by atoms with Crippen LogP contribution in [0.1, 0.15) is 98.8 Å². The highest BCUT2D eigenvalue weighted by Gasteiger charge is 2.22. The van der Waals surface area contributed by atoms with Crippen LogP contribution in [0.25, 0.3) is 0 Å². The number of halogens is 1. The Labute approximate surface area is 187 Å². The van der Waals surface area contributed by atoms with Gasteiger partial charge in [0, 0.05) is 0 Å². The number of hydrogen-bond acceptors (Lipinski definition) is 3. The van der Waals surface area contributed by atoms with E-state index in [-0.39, 0.29) is 17.0 Å². The number of quaternary nitrogens is 1. The molecule has 0 rings (SSSR count). The summed E-state index contributed by atoms with van der Waals surface area (Å²) in [5.74, 6) is 0. The molecule has 0 saturated carbocycles. The highest BCUT2D eigenvalue weighted by atomic mass is 79.9. The maximum atomic E-state index is 12.3. The van der Waals surface area contributed by atoms with Gasteiger partial charge in [0.1, 0.15) is 0 Å². The maximum Gasteiger partial charge on any atom is 0.330 e. The molecule has 0 N–H and O–H groups in total. The molecular weight excluding hydrogens is 437 g/mol. The first-order valence-electron chi connectivity index (χ1n) is 11.7. The van der Waals surface area contributed by atoms with Crippen LogP contribution in [-0.4, -0.2) is 50.0 Å². The van der Waals surface area contributed by atoms with E-state index in [1.165, 1.54) is 82.0 Å². The van der Waals surface area contributed by atoms with Gasteiger partial charge in [-0.05, 0) is 53.9 Å². The van der Waals surface area contributed by atoms with Crippen LogP contribution in [-0.2, 0) is 13.6 Å². The Hall–Kier alpha value is 0.590. The fourth-order valence-electron chi connectivity index (χ4n) is 3.87. The molecular formula is C22H49BrNO3P. The Bertz CT molecular complexity index is 361. The lowest BCUT2D eigenvalue weighted by Gasteiger charge is -2.35. The average Bonchev–Trinajstić information content (AvgIpc) is 2.66. The van der Waals surface area contributed by atoms with Gasteiger partial charge in [0.2, 0.25) is 0 Å². The van der Waals surface area contributed by atoms with E-state index < -0.39 is 7.60 Å². The number of nitrogens with zero attached hydrogens (tertiary/aromatic N) is 1. The lowest BCUT2D eigenvalue weighted by atomic mass is 10.1. The molecule has 0 amide bonds. The van der Waals surface area contributed by atoms with Gasteiger partial charge in [0.05, 0.1) is 45.6 Å². The van der Waals surface area contributed by atoms with Gasteiger partial charge in [-0.3, -0.25) is 4.57 Å². The fraction of sp³-hybridized carbons (Fsp3) is 1.00. The van der Waals surface area contributed by atoms with Gasteiger partial charge in [-0.15, -0.1) is 0 Å². The van der Waals surface area contributed by atoms with Crippen molar-refractivity contribution in [1.82, 2.24) is 0 Å². The molecule has 0 unspecified atom stereocenters. The summed E-state index contributed by atoms with van der Waals surface area (Å²) in [6.07, 6.45) is 13.5. The third kappa shape index (κ3) is 14.6. The molecule has 0 radical (unpaired) electrons. The third-order valence-electron chi connectivity index (χ3n) is 5.98. The summed E-state index contributed by atoms with van der Waals surface area (Å²) in [6.45, 7) is 16.9. The zero-order valence-electron chi connectivity index (χ0n) is 19.5. The topological polar surface area (TPSA) is 35.5 Å². The van der Waals surface area contributed by atoms with E-state index >= 15 is 0 Å². The largest absolute Gasteiger partial charge is 1.00 e. The molecule has 0 aliphatic heterocycles. The number of hydrogen-bond donors (Lipinski definition) is 0. The van der Waals surface area contributed by atoms with Crippen molar-refractivity contribution in [2.24, 2.45) is 0 Å². The van der Waals surface area contributed by atoms with Gasteiger partial charge in [-0.25, -0.2) is 0 Å². The summed E-state index contributed by atoms with van der Waals surface area (Å²) in [7, 11) is -2.82. The predicted molar refractivity (Wildman–Crippen MR) is 119 cm³/mol. The molecule has 172 valence electrons. The van der Waals surface area contributed by atoms with E-state index in [2.05, 4.69) is 20.8 Å². The zero-order valence-corrected chi connectivity index (χ0v) is 22.0. The van der Waals surface area contributed by atoms with Gasteiger partial charge in [0.15, 0.2) is 0 Å². The minimum absolute atomic E-state index is 0. The van der Waals surface area contributed by atoms with Crippen molar-refractivity contribution < 1.29 is 35.1 Å². The standard InChI is InChI=1S/C22H49NO3P.BrH/c1-6-23(7-2,8-3)21-19-17-15-13-11-12-14-16-18-20-22-27(24,25-9-4)26-10-5;/h6-22H2,1-5H3;1H/q+1;/p-1. The second-order valence-electron chi connectivity index (χ2n) is 7.72. The first kappa shape index (κ1) is 30.8. The summed E-state index contributed by atoms with van der Waals surface area (Å²) < 4.78 is 24.3. The third-order valence-corrected chi connectivity index (χ3v) is 8.15. The van der Waals surface area contributed by atoms with Crippen LogP contribution in [0.5, 0.6) is 0 Å². The number of unbranched alkanes of at least 4 members (excludes halogenated alkanes) is 9. The second kappa shape index (κ2) is 19.5. The SMILES string of the molecule is CCOP(=O)(CCCCCCCCCCCC[N+](CC)(CC)CC)OCC.[Br-]. The first-order chi connectivity index (χ1) is 13.0. The van der Waals surface area contributed by atoms with Gasteiger partial charge >= 0.3 is 7.60 Å². The van der Waals surface area contributed by atoms with Gasteiger partial charge in [-0.1, -0.05) is 44.9 Å². The predicted octanol–water partition coefficient (Wildman–Crippen LogP) is 4.03. The molecule has 0 bridgehead atoms. The molecule has 0 aromatic rings. The molecule has 0 aromatic heterocycles. The Kier molecular flexibility index (Phi) is 21.5. The fourth-order valence-corrected chi connectivity index (χ4v) is 5.60. The molecule has 6 heteroatoms. The van der Waals surface area contributed by atoms with Crippen molar-refractivity contribution in [3.63, 3.8) is 0 Å². The van der Waals surface area contributed by atoms with E-state index in [9.17, 15) is 4.57 Å². The van der Waals surface area contributed by atoms with Crippen molar-refractivity contribution in [3.8, 4) is 0 Å². The van der Waals surface area contributed by atoms with Crippen molar-refractivity contribution in [2.75, 3.05) is 45.6 Å². The van der Waals surface area contributed by atoms with Crippen LogP contribution in [0.3, 0.4) is 0 Å². The highest BCUT2D eigenvalue weighted by molar-refractivity contribution is 7.53. The van der Waals surface area contributed by atoms with Crippen molar-refractivity contribution >= 4 is 7.60 Å². The Balaban J connectivity index is 0. The van der Waals surface area contributed by atoms with E-state index in [0.29, 0.717) is 19.4 Å². The Morgan fingerprint density at radius 1 is 0.607 bits per heavy atom. The summed E-state index contributed by atoms with van der Waals surface area (Å²) in [4.78, 5) is 0. The normalized spacial score (nSPS) is 12.2. The summed E-state index contributed by atoms with van der Waals surface area (Å²) >= 11 is 0. The van der Waals surface area contributed by atoms with E-state index in [1.54, 1.807) is 0 Å². The summed E-state index contributed by atoms with van der Waals surface area (Å²) in [5.41, 5.74) is 0. The van der Waals surface area contributed by atoms with Crippen molar-refractivity contribution in [1.29, 1.82) is 0 Å². The smallest absolute Gasteiger partial charge is 0.330 e. The van der Waals surface area contributed by atoms with Crippen LogP contribution < -0.4 is 17.0 Å². The molecule has 0 spiro atoms. The van der Waals surface area contributed by atoms with Crippen molar-refractivity contribution in [3.05, 3.63) is 0 Å². The molecule has 0 aliphatic carbocycles. The van der Waals surface area contributed by atoms with Crippen molar-refractivity contribution in [2.45, 2.75) is 98.8 Å². The molecule has 0 aliphatic rings.